The van der Waals surface area contributed by atoms with Gasteiger partial charge in [-0.05, 0) is 43.7 Å². The number of ether oxygens (including phenoxy) is 1. The molecule has 7 nitrogen and oxygen atoms in total. The Hall–Kier alpha value is -2.83. The molecule has 0 spiro atoms. The molecule has 4 rings (SSSR count). The molecule has 1 heterocycles. The van der Waals surface area contributed by atoms with Crippen LogP contribution in [-0.2, 0) is 9.59 Å². The summed E-state index contributed by atoms with van der Waals surface area (Å²) < 4.78 is 5.24. The maximum absolute atomic E-state index is 13.4. The molecule has 2 amide bonds. The van der Waals surface area contributed by atoms with Crippen molar-refractivity contribution in [1.29, 1.82) is 0 Å². The van der Waals surface area contributed by atoms with Gasteiger partial charge in [0, 0.05) is 36.3 Å². The van der Waals surface area contributed by atoms with Crippen LogP contribution in [0.15, 0.2) is 24.4 Å². The number of carbonyl (C=O) groups is 3. The van der Waals surface area contributed by atoms with Gasteiger partial charge >= 0.3 is 0 Å². The number of fused-ring (bicyclic) bond motifs is 1. The lowest BCUT2D eigenvalue weighted by Crippen LogP contribution is -2.55. The predicted molar refractivity (Wildman–Crippen MR) is 127 cm³/mol. The second-order valence-electron chi connectivity index (χ2n) is 9.55. The van der Waals surface area contributed by atoms with Crippen molar-refractivity contribution < 1.29 is 19.1 Å². The SMILES string of the molecule is COc1ccc2c(C(=O)C(=O)N(C)C(C(=O)NC3CCCCC3)C3CCCCC3)c[nH]c2c1. The Balaban J connectivity index is 1.55. The summed E-state index contributed by atoms with van der Waals surface area (Å²) in [5.41, 5.74) is 1.05. The van der Waals surface area contributed by atoms with E-state index in [9.17, 15) is 14.4 Å². The van der Waals surface area contributed by atoms with Crippen LogP contribution in [0.2, 0.25) is 0 Å². The number of amides is 2. The molecule has 2 N–H and O–H groups in total. The molecule has 178 valence electrons. The van der Waals surface area contributed by atoms with Gasteiger partial charge < -0.3 is 19.9 Å². The van der Waals surface area contributed by atoms with Gasteiger partial charge in [-0.3, -0.25) is 14.4 Å². The second-order valence-corrected chi connectivity index (χ2v) is 9.55. The summed E-state index contributed by atoms with van der Waals surface area (Å²) in [7, 11) is 3.19. The van der Waals surface area contributed by atoms with Gasteiger partial charge in [0.1, 0.15) is 11.8 Å². The number of aromatic nitrogens is 1. The Labute approximate surface area is 195 Å². The lowest BCUT2D eigenvalue weighted by molar-refractivity contribution is -0.139. The second kappa shape index (κ2) is 10.4. The molecule has 1 aromatic carbocycles. The summed E-state index contributed by atoms with van der Waals surface area (Å²) in [4.78, 5) is 44.5. The van der Waals surface area contributed by atoms with E-state index in [2.05, 4.69) is 10.3 Å². The fraction of sp³-hybridized carbons (Fsp3) is 0.577. The molecule has 1 atom stereocenters. The van der Waals surface area contributed by atoms with E-state index in [0.29, 0.717) is 16.7 Å². The average molecular weight is 454 g/mol. The van der Waals surface area contributed by atoms with Crippen LogP contribution in [0.1, 0.15) is 74.6 Å². The zero-order valence-electron chi connectivity index (χ0n) is 19.7. The molecule has 33 heavy (non-hydrogen) atoms. The first-order chi connectivity index (χ1) is 16.0. The highest BCUT2D eigenvalue weighted by atomic mass is 16.5. The number of ketones is 1. The number of Topliss-reactive ketones (excluding diaryl/α,β-unsaturated/α-hetero) is 1. The number of nitrogens with zero attached hydrogens (tertiary/aromatic N) is 1. The van der Waals surface area contributed by atoms with Crippen LogP contribution in [0.4, 0.5) is 0 Å². The number of likely N-dealkylation sites (N-methyl/N-ethyl adjacent to an activating group) is 1. The average Bonchev–Trinajstić information content (AvgIpc) is 3.27. The summed E-state index contributed by atoms with van der Waals surface area (Å²) in [6.07, 6.45) is 12.1. The normalized spacial score (nSPS) is 18.6. The monoisotopic (exact) mass is 453 g/mol. The van der Waals surface area contributed by atoms with Gasteiger partial charge in [-0.25, -0.2) is 0 Å². The van der Waals surface area contributed by atoms with Gasteiger partial charge in [-0.2, -0.15) is 0 Å². The maximum Gasteiger partial charge on any atom is 0.295 e. The number of H-pyrrole nitrogens is 1. The van der Waals surface area contributed by atoms with E-state index in [4.69, 9.17) is 4.74 Å². The Kier molecular flexibility index (Phi) is 7.36. The molecule has 2 fully saturated rings. The summed E-state index contributed by atoms with van der Waals surface area (Å²) >= 11 is 0. The zero-order valence-corrected chi connectivity index (χ0v) is 19.7. The smallest absolute Gasteiger partial charge is 0.295 e. The minimum absolute atomic E-state index is 0.0799. The number of rotatable bonds is 7. The standard InChI is InChI=1S/C26H35N3O4/c1-29(26(32)24(30)21-16-27-22-15-19(33-2)13-14-20(21)22)23(17-9-5-3-6-10-17)25(31)28-18-11-7-4-8-12-18/h13-18,23,27H,3-12H2,1-2H3,(H,28,31). The fourth-order valence-electron chi connectivity index (χ4n) is 5.51. The molecular formula is C26H35N3O4. The van der Waals surface area contributed by atoms with Crippen molar-refractivity contribution in [3.63, 3.8) is 0 Å². The van der Waals surface area contributed by atoms with Crippen molar-refractivity contribution in [3.05, 3.63) is 30.0 Å². The Morgan fingerprint density at radius 2 is 1.70 bits per heavy atom. The van der Waals surface area contributed by atoms with Gasteiger partial charge in [0.15, 0.2) is 0 Å². The molecule has 0 bridgehead atoms. The van der Waals surface area contributed by atoms with E-state index >= 15 is 0 Å². The number of nitrogens with one attached hydrogen (secondary N) is 2. The van der Waals surface area contributed by atoms with E-state index in [1.165, 1.54) is 11.3 Å². The number of hydrogen-bond donors (Lipinski definition) is 2. The van der Waals surface area contributed by atoms with Crippen molar-refractivity contribution >= 4 is 28.5 Å². The van der Waals surface area contributed by atoms with Gasteiger partial charge in [0.25, 0.3) is 11.7 Å². The Morgan fingerprint density at radius 1 is 1.03 bits per heavy atom. The molecule has 2 aliphatic carbocycles. The molecule has 2 aliphatic rings. The third-order valence-corrected chi connectivity index (χ3v) is 7.38. The van der Waals surface area contributed by atoms with Crippen molar-refractivity contribution in [2.24, 2.45) is 5.92 Å². The quantitative estimate of drug-likeness (QED) is 0.485. The lowest BCUT2D eigenvalue weighted by atomic mass is 9.82. The van der Waals surface area contributed by atoms with Crippen LogP contribution in [0.3, 0.4) is 0 Å². The first-order valence-corrected chi connectivity index (χ1v) is 12.3. The number of aromatic amines is 1. The van der Waals surface area contributed by atoms with E-state index in [-0.39, 0.29) is 17.9 Å². The molecule has 0 radical (unpaired) electrons. The van der Waals surface area contributed by atoms with Crippen LogP contribution >= 0.6 is 0 Å². The van der Waals surface area contributed by atoms with Crippen molar-refractivity contribution in [3.8, 4) is 5.75 Å². The maximum atomic E-state index is 13.4. The van der Waals surface area contributed by atoms with Gasteiger partial charge in [-0.1, -0.05) is 38.5 Å². The minimum atomic E-state index is -0.638. The largest absolute Gasteiger partial charge is 0.497 e. The summed E-state index contributed by atoms with van der Waals surface area (Å²) in [6, 6.07) is 4.89. The van der Waals surface area contributed by atoms with Crippen LogP contribution in [0, 0.1) is 5.92 Å². The summed E-state index contributed by atoms with van der Waals surface area (Å²) in [5, 5.41) is 3.87. The number of carbonyl (C=O) groups excluding carboxylic acids is 3. The summed E-state index contributed by atoms with van der Waals surface area (Å²) in [5.74, 6) is -0.595. The first kappa shape index (κ1) is 23.3. The highest BCUT2D eigenvalue weighted by Crippen LogP contribution is 2.30. The first-order valence-electron chi connectivity index (χ1n) is 12.3. The van der Waals surface area contributed by atoms with Crippen LogP contribution in [0.5, 0.6) is 5.75 Å². The third kappa shape index (κ3) is 5.07. The fourth-order valence-corrected chi connectivity index (χ4v) is 5.51. The van der Waals surface area contributed by atoms with Crippen molar-refractivity contribution in [2.75, 3.05) is 14.2 Å². The number of methoxy groups -OCH3 is 1. The number of hydrogen-bond acceptors (Lipinski definition) is 4. The predicted octanol–water partition coefficient (Wildman–Crippen LogP) is 4.22. The molecule has 1 aromatic heterocycles. The number of benzene rings is 1. The molecule has 7 heteroatoms. The molecule has 1 unspecified atom stereocenters. The molecule has 0 saturated heterocycles. The highest BCUT2D eigenvalue weighted by Gasteiger charge is 2.38. The molecular weight excluding hydrogens is 418 g/mol. The van der Waals surface area contributed by atoms with Crippen LogP contribution in [0.25, 0.3) is 10.9 Å². The highest BCUT2D eigenvalue weighted by molar-refractivity contribution is 6.45. The van der Waals surface area contributed by atoms with Gasteiger partial charge in [0.2, 0.25) is 5.91 Å². The zero-order chi connectivity index (χ0) is 23.4. The van der Waals surface area contributed by atoms with E-state index < -0.39 is 17.7 Å². The van der Waals surface area contributed by atoms with Crippen molar-refractivity contribution in [1.82, 2.24) is 15.2 Å². The van der Waals surface area contributed by atoms with E-state index in [1.54, 1.807) is 38.6 Å². The molecule has 2 saturated carbocycles. The van der Waals surface area contributed by atoms with Gasteiger partial charge in [-0.15, -0.1) is 0 Å². The topological polar surface area (TPSA) is 91.5 Å². The van der Waals surface area contributed by atoms with Gasteiger partial charge in [0.05, 0.1) is 12.7 Å². The van der Waals surface area contributed by atoms with Crippen molar-refractivity contribution in [2.45, 2.75) is 76.3 Å². The van der Waals surface area contributed by atoms with Crippen LogP contribution in [-0.4, -0.2) is 53.7 Å². The third-order valence-electron chi connectivity index (χ3n) is 7.38. The van der Waals surface area contributed by atoms with E-state index in [1.807, 2.05) is 0 Å². The lowest BCUT2D eigenvalue weighted by Gasteiger charge is -2.36. The molecule has 0 aliphatic heterocycles. The Morgan fingerprint density at radius 3 is 2.36 bits per heavy atom. The van der Waals surface area contributed by atoms with Crippen LogP contribution < -0.4 is 10.1 Å². The minimum Gasteiger partial charge on any atom is -0.497 e. The molecule has 2 aromatic rings. The summed E-state index contributed by atoms with van der Waals surface area (Å²) in [6.45, 7) is 0. The Bertz CT molecular complexity index is 1000. The van der Waals surface area contributed by atoms with E-state index in [0.717, 1.165) is 63.3 Å².